The molecule has 3 rings (SSSR count). The highest BCUT2D eigenvalue weighted by atomic mass is 32.1. The Morgan fingerprint density at radius 1 is 0.955 bits per heavy atom. The fourth-order valence-electron chi connectivity index (χ4n) is 2.54. The number of nitrogens with one attached hydrogen (secondary N) is 1. The Morgan fingerprint density at radius 2 is 1.68 bits per heavy atom. The van der Waals surface area contributed by atoms with Crippen LogP contribution in [0.5, 0.6) is 5.75 Å². The van der Waals surface area contributed by atoms with E-state index in [1.807, 2.05) is 42.5 Å². The molecule has 0 radical (unpaired) electrons. The van der Waals surface area contributed by atoms with Crippen molar-refractivity contribution >= 4 is 28.0 Å². The highest BCUT2D eigenvalue weighted by molar-refractivity contribution is 7.80. The molecule has 1 N–H and O–H groups in total. The Labute approximate surface area is 135 Å². The van der Waals surface area contributed by atoms with E-state index in [1.165, 1.54) is 10.8 Å². The molecule has 0 bridgehead atoms. The molecule has 0 amide bonds. The number of para-hydroxylation sites is 1. The third kappa shape index (κ3) is 2.95. The zero-order valence-electron chi connectivity index (χ0n) is 12.4. The topological polar surface area (TPSA) is 21.3 Å². The number of methoxy groups -OCH3 is 1. The number of ether oxygens (including phenoxy) is 1. The van der Waals surface area contributed by atoms with Gasteiger partial charge in [0.2, 0.25) is 0 Å². The molecule has 2 nitrogen and oxygen atoms in total. The molecule has 0 aromatic heterocycles. The maximum atomic E-state index is 5.57. The molecule has 3 heteroatoms. The van der Waals surface area contributed by atoms with Crippen molar-refractivity contribution < 1.29 is 4.74 Å². The smallest absolute Gasteiger partial charge is 0.123 e. The summed E-state index contributed by atoms with van der Waals surface area (Å²) in [6.07, 6.45) is 0. The van der Waals surface area contributed by atoms with Gasteiger partial charge in [-0.3, -0.25) is 0 Å². The van der Waals surface area contributed by atoms with Crippen LogP contribution in [0, 0.1) is 0 Å². The van der Waals surface area contributed by atoms with Crippen molar-refractivity contribution in [1.29, 1.82) is 0 Å². The summed E-state index contributed by atoms with van der Waals surface area (Å²) in [6, 6.07) is 22.4. The van der Waals surface area contributed by atoms with E-state index in [2.05, 4.69) is 29.6 Å². The molecule has 0 aliphatic carbocycles. The van der Waals surface area contributed by atoms with Gasteiger partial charge in [0.25, 0.3) is 0 Å². The van der Waals surface area contributed by atoms with Crippen LogP contribution in [0.3, 0.4) is 0 Å². The van der Waals surface area contributed by atoms with E-state index >= 15 is 0 Å². The average molecular weight is 307 g/mol. The summed E-state index contributed by atoms with van der Waals surface area (Å²) in [6.45, 7) is 0.645. The first-order chi connectivity index (χ1) is 10.8. The highest BCUT2D eigenvalue weighted by Crippen LogP contribution is 2.20. The van der Waals surface area contributed by atoms with E-state index in [0.717, 1.165) is 21.9 Å². The van der Waals surface area contributed by atoms with E-state index in [1.54, 1.807) is 7.11 Å². The molecule has 3 aromatic rings. The van der Waals surface area contributed by atoms with Crippen molar-refractivity contribution in [1.82, 2.24) is 5.32 Å². The monoisotopic (exact) mass is 307 g/mol. The molecule has 0 spiro atoms. The lowest BCUT2D eigenvalue weighted by molar-refractivity contribution is 0.409. The van der Waals surface area contributed by atoms with Crippen molar-refractivity contribution in [2.75, 3.05) is 7.11 Å². The summed E-state index contributed by atoms with van der Waals surface area (Å²) in [7, 11) is 1.68. The van der Waals surface area contributed by atoms with E-state index < -0.39 is 0 Å². The van der Waals surface area contributed by atoms with Crippen LogP contribution in [-0.2, 0) is 6.54 Å². The fourth-order valence-corrected chi connectivity index (χ4v) is 2.79. The van der Waals surface area contributed by atoms with Gasteiger partial charge in [-0.1, -0.05) is 72.9 Å². The van der Waals surface area contributed by atoms with Crippen LogP contribution in [0.15, 0.2) is 66.7 Å². The predicted octanol–water partition coefficient (Wildman–Crippen LogP) is 4.31. The minimum atomic E-state index is 0.645. The van der Waals surface area contributed by atoms with Gasteiger partial charge in [0.1, 0.15) is 10.7 Å². The SMILES string of the molecule is COc1ccccc1CNC(=S)c1cccc2ccccc12. The van der Waals surface area contributed by atoms with Gasteiger partial charge in [0.15, 0.2) is 0 Å². The molecular formula is C19H17NOS. The molecule has 0 saturated heterocycles. The molecule has 0 fully saturated rings. The van der Waals surface area contributed by atoms with Crippen molar-refractivity contribution in [2.24, 2.45) is 0 Å². The van der Waals surface area contributed by atoms with E-state index in [9.17, 15) is 0 Å². The van der Waals surface area contributed by atoms with E-state index in [-0.39, 0.29) is 0 Å². The van der Waals surface area contributed by atoms with Gasteiger partial charge >= 0.3 is 0 Å². The third-order valence-corrected chi connectivity index (χ3v) is 4.03. The second-order valence-electron chi connectivity index (χ2n) is 5.02. The molecule has 0 heterocycles. The van der Waals surface area contributed by atoms with E-state index in [4.69, 9.17) is 17.0 Å². The lowest BCUT2D eigenvalue weighted by Gasteiger charge is -2.13. The van der Waals surface area contributed by atoms with Crippen LogP contribution in [0.4, 0.5) is 0 Å². The maximum Gasteiger partial charge on any atom is 0.123 e. The predicted molar refractivity (Wildman–Crippen MR) is 95.5 cm³/mol. The molecule has 0 aliphatic rings. The van der Waals surface area contributed by atoms with Crippen LogP contribution in [-0.4, -0.2) is 12.1 Å². The van der Waals surface area contributed by atoms with Gasteiger partial charge < -0.3 is 10.1 Å². The largest absolute Gasteiger partial charge is 0.496 e. The summed E-state index contributed by atoms with van der Waals surface area (Å²) in [5, 5.41) is 5.70. The van der Waals surface area contributed by atoms with Gasteiger partial charge in [0.05, 0.1) is 7.11 Å². The number of hydrogen-bond acceptors (Lipinski definition) is 2. The van der Waals surface area contributed by atoms with Gasteiger partial charge in [-0.05, 0) is 16.8 Å². The maximum absolute atomic E-state index is 5.57. The van der Waals surface area contributed by atoms with Crippen LogP contribution < -0.4 is 10.1 Å². The second-order valence-corrected chi connectivity index (χ2v) is 5.43. The Kier molecular flexibility index (Phi) is 4.35. The summed E-state index contributed by atoms with van der Waals surface area (Å²) in [4.78, 5) is 0.753. The van der Waals surface area contributed by atoms with Crippen molar-refractivity contribution in [2.45, 2.75) is 6.54 Å². The van der Waals surface area contributed by atoms with Crippen LogP contribution in [0.1, 0.15) is 11.1 Å². The molecule has 0 saturated carbocycles. The molecule has 0 unspecified atom stereocenters. The molecular weight excluding hydrogens is 290 g/mol. The Balaban J connectivity index is 1.82. The van der Waals surface area contributed by atoms with Crippen molar-refractivity contribution in [3.63, 3.8) is 0 Å². The minimum Gasteiger partial charge on any atom is -0.496 e. The summed E-state index contributed by atoms with van der Waals surface area (Å²) in [5.74, 6) is 0.871. The van der Waals surface area contributed by atoms with Crippen LogP contribution >= 0.6 is 12.2 Å². The van der Waals surface area contributed by atoms with Crippen LogP contribution in [0.2, 0.25) is 0 Å². The number of rotatable bonds is 4. The van der Waals surface area contributed by atoms with Gasteiger partial charge in [0, 0.05) is 17.7 Å². The average Bonchev–Trinajstić information content (AvgIpc) is 2.59. The quantitative estimate of drug-likeness (QED) is 0.726. The molecule has 0 aliphatic heterocycles. The first-order valence-corrected chi connectivity index (χ1v) is 7.58. The Morgan fingerprint density at radius 3 is 2.55 bits per heavy atom. The normalized spacial score (nSPS) is 10.4. The third-order valence-electron chi connectivity index (χ3n) is 3.67. The Hall–Kier alpha value is -2.39. The zero-order chi connectivity index (χ0) is 15.4. The van der Waals surface area contributed by atoms with Gasteiger partial charge in [-0.15, -0.1) is 0 Å². The Bertz CT molecular complexity index is 808. The van der Waals surface area contributed by atoms with Crippen molar-refractivity contribution in [3.8, 4) is 5.75 Å². The lowest BCUT2D eigenvalue weighted by Crippen LogP contribution is -2.22. The molecule has 110 valence electrons. The van der Waals surface area contributed by atoms with Crippen molar-refractivity contribution in [3.05, 3.63) is 77.9 Å². The molecule has 3 aromatic carbocycles. The fraction of sp³-hybridized carbons (Fsp3) is 0.105. The van der Waals surface area contributed by atoms with Gasteiger partial charge in [-0.25, -0.2) is 0 Å². The number of benzene rings is 3. The standard InChI is InChI=1S/C19H17NOS/c1-21-18-12-5-3-8-15(18)13-20-19(22)17-11-6-9-14-7-2-4-10-16(14)17/h2-12H,13H2,1H3,(H,20,22). The first kappa shape index (κ1) is 14.5. The second kappa shape index (κ2) is 6.58. The number of fused-ring (bicyclic) bond motifs is 1. The first-order valence-electron chi connectivity index (χ1n) is 7.17. The van der Waals surface area contributed by atoms with E-state index in [0.29, 0.717) is 6.54 Å². The highest BCUT2D eigenvalue weighted by Gasteiger charge is 2.07. The van der Waals surface area contributed by atoms with Gasteiger partial charge in [-0.2, -0.15) is 0 Å². The lowest BCUT2D eigenvalue weighted by atomic mass is 10.0. The van der Waals surface area contributed by atoms with Crippen LogP contribution in [0.25, 0.3) is 10.8 Å². The summed E-state index contributed by atoms with van der Waals surface area (Å²) < 4.78 is 5.37. The molecule has 0 atom stereocenters. The minimum absolute atomic E-state index is 0.645. The number of thiocarbonyl (C=S) groups is 1. The zero-order valence-corrected chi connectivity index (χ0v) is 13.2. The summed E-state index contributed by atoms with van der Waals surface area (Å²) in [5.41, 5.74) is 2.15. The summed E-state index contributed by atoms with van der Waals surface area (Å²) >= 11 is 5.57. The molecule has 22 heavy (non-hydrogen) atoms. The number of hydrogen-bond donors (Lipinski definition) is 1.